The molecular weight excluding hydrogens is 449 g/mol. The fraction of sp³-hybridized carbons (Fsp3) is 0.0476. The monoisotopic (exact) mass is 461 g/mol. The van der Waals surface area contributed by atoms with E-state index in [-0.39, 0.29) is 27.1 Å². The number of aromatic carboxylic acids is 1. The Morgan fingerprint density at radius 2 is 1.90 bits per heavy atom. The second-order valence-corrected chi connectivity index (χ2v) is 7.87. The molecule has 2 N–H and O–H groups in total. The number of nitrogens with one attached hydrogen (secondary N) is 1. The van der Waals surface area contributed by atoms with Crippen LogP contribution >= 0.6 is 34.5 Å². The molecule has 0 unspecified atom stereocenters. The topological polar surface area (TPSA) is 88.8 Å². The number of methoxy groups -OCH3 is 1. The minimum absolute atomic E-state index is 0.0775. The summed E-state index contributed by atoms with van der Waals surface area (Å²) < 4.78 is 10.8. The number of carboxylic acid groups (broad SMARTS) is 1. The molecule has 9 heteroatoms. The summed E-state index contributed by atoms with van der Waals surface area (Å²) in [4.78, 5) is 24.7. The van der Waals surface area contributed by atoms with Gasteiger partial charge >= 0.3 is 5.97 Å². The maximum Gasteiger partial charge on any atom is 0.339 e. The number of benzene rings is 2. The van der Waals surface area contributed by atoms with E-state index in [1.54, 1.807) is 35.7 Å². The maximum atomic E-state index is 12.7. The van der Waals surface area contributed by atoms with E-state index >= 15 is 0 Å². The van der Waals surface area contributed by atoms with Crippen molar-refractivity contribution in [1.82, 2.24) is 0 Å². The molecule has 30 heavy (non-hydrogen) atoms. The minimum atomic E-state index is -1.21. The average molecular weight is 462 g/mol. The van der Waals surface area contributed by atoms with Crippen molar-refractivity contribution in [3.63, 3.8) is 0 Å². The number of anilines is 1. The van der Waals surface area contributed by atoms with Crippen molar-refractivity contribution in [3.8, 4) is 16.9 Å². The van der Waals surface area contributed by atoms with Gasteiger partial charge in [0.25, 0.3) is 5.91 Å². The van der Waals surface area contributed by atoms with Crippen LogP contribution in [0, 0.1) is 0 Å². The first-order valence-electron chi connectivity index (χ1n) is 8.57. The van der Waals surface area contributed by atoms with Crippen LogP contribution in [-0.4, -0.2) is 24.1 Å². The average Bonchev–Trinajstić information content (AvgIpc) is 3.32. The summed E-state index contributed by atoms with van der Waals surface area (Å²) in [5.41, 5.74) is 1.24. The predicted molar refractivity (Wildman–Crippen MR) is 117 cm³/mol. The zero-order valence-corrected chi connectivity index (χ0v) is 17.7. The largest absolute Gasteiger partial charge is 0.494 e. The lowest BCUT2D eigenvalue weighted by molar-refractivity contribution is 0.0699. The zero-order valence-electron chi connectivity index (χ0n) is 15.4. The minimum Gasteiger partial charge on any atom is -0.494 e. The quantitative estimate of drug-likeness (QED) is 0.357. The van der Waals surface area contributed by atoms with Gasteiger partial charge in [0.2, 0.25) is 0 Å². The maximum absolute atomic E-state index is 12.7. The highest BCUT2D eigenvalue weighted by molar-refractivity contribution is 7.15. The van der Waals surface area contributed by atoms with Crippen molar-refractivity contribution in [2.45, 2.75) is 0 Å². The van der Waals surface area contributed by atoms with Gasteiger partial charge in [-0.25, -0.2) is 4.79 Å². The normalized spacial score (nSPS) is 10.9. The van der Waals surface area contributed by atoms with Crippen LogP contribution in [0.15, 0.2) is 52.3 Å². The first-order chi connectivity index (χ1) is 14.4. The number of hydrogen-bond donors (Lipinski definition) is 2. The molecule has 0 aliphatic heterocycles. The van der Waals surface area contributed by atoms with Crippen molar-refractivity contribution < 1.29 is 23.8 Å². The van der Waals surface area contributed by atoms with Gasteiger partial charge in [0.05, 0.1) is 17.2 Å². The number of amides is 1. The lowest BCUT2D eigenvalue weighted by Gasteiger charge is -2.11. The molecule has 0 fully saturated rings. The Balaban J connectivity index is 1.73. The molecule has 2 aromatic carbocycles. The summed E-state index contributed by atoms with van der Waals surface area (Å²) in [6.45, 7) is 0. The van der Waals surface area contributed by atoms with E-state index in [9.17, 15) is 14.7 Å². The van der Waals surface area contributed by atoms with Crippen LogP contribution < -0.4 is 10.1 Å². The molecular formula is C21H13Cl2NO5S. The molecule has 0 aliphatic rings. The Hall–Kier alpha value is -3.00. The summed E-state index contributed by atoms with van der Waals surface area (Å²) in [6, 6.07) is 12.0. The SMILES string of the molecule is COc1c(Cl)ccc(-c2csc(NC(=O)c3cc4ccccc4o3)c2C(=O)O)c1Cl. The zero-order chi connectivity index (χ0) is 21.4. The molecule has 2 aromatic heterocycles. The summed E-state index contributed by atoms with van der Waals surface area (Å²) >= 11 is 13.5. The Morgan fingerprint density at radius 3 is 2.60 bits per heavy atom. The van der Waals surface area contributed by atoms with Crippen molar-refractivity contribution >= 4 is 62.4 Å². The first-order valence-corrected chi connectivity index (χ1v) is 10.2. The van der Waals surface area contributed by atoms with Crippen LogP contribution in [0.5, 0.6) is 5.75 Å². The van der Waals surface area contributed by atoms with E-state index in [0.29, 0.717) is 21.7 Å². The molecule has 0 radical (unpaired) electrons. The van der Waals surface area contributed by atoms with Crippen LogP contribution in [0.25, 0.3) is 22.1 Å². The third kappa shape index (κ3) is 3.52. The van der Waals surface area contributed by atoms with Crippen LogP contribution in [-0.2, 0) is 0 Å². The molecule has 4 rings (SSSR count). The Bertz CT molecular complexity index is 1260. The van der Waals surface area contributed by atoms with Gasteiger partial charge in [0, 0.05) is 21.9 Å². The third-order valence-corrected chi connectivity index (χ3v) is 5.99. The number of fused-ring (bicyclic) bond motifs is 1. The molecule has 0 bridgehead atoms. The molecule has 6 nitrogen and oxygen atoms in total. The molecule has 0 saturated carbocycles. The van der Waals surface area contributed by atoms with Gasteiger partial charge in [-0.3, -0.25) is 4.79 Å². The number of hydrogen-bond acceptors (Lipinski definition) is 5. The lowest BCUT2D eigenvalue weighted by Crippen LogP contribution is -2.12. The van der Waals surface area contributed by atoms with Crippen molar-refractivity contribution in [1.29, 1.82) is 0 Å². The Morgan fingerprint density at radius 1 is 1.13 bits per heavy atom. The van der Waals surface area contributed by atoms with E-state index in [1.807, 2.05) is 12.1 Å². The summed E-state index contributed by atoms with van der Waals surface area (Å²) in [7, 11) is 1.42. The van der Waals surface area contributed by atoms with Gasteiger partial charge in [-0.05, 0) is 18.2 Å². The van der Waals surface area contributed by atoms with E-state index in [4.69, 9.17) is 32.4 Å². The van der Waals surface area contributed by atoms with Crippen LogP contribution in [0.2, 0.25) is 10.0 Å². The summed E-state index contributed by atoms with van der Waals surface area (Å²) in [5.74, 6) is -1.45. The molecule has 152 valence electrons. The second kappa shape index (κ2) is 8.02. The van der Waals surface area contributed by atoms with Gasteiger partial charge in [-0.2, -0.15) is 0 Å². The predicted octanol–water partition coefficient (Wildman–Crippen LogP) is 6.43. The lowest BCUT2D eigenvalue weighted by atomic mass is 10.0. The van der Waals surface area contributed by atoms with Crippen molar-refractivity contribution in [3.05, 3.63) is 69.2 Å². The second-order valence-electron chi connectivity index (χ2n) is 6.20. The number of carbonyl (C=O) groups is 2. The number of thiophene rings is 1. The molecule has 1 amide bonds. The van der Waals surface area contributed by atoms with Crippen molar-refractivity contribution in [2.24, 2.45) is 0 Å². The standard InChI is InChI=1S/C21H13Cl2NO5S/c1-28-18-13(22)7-6-11(17(18)23)12-9-30-20(16(12)21(26)27)24-19(25)15-8-10-4-2-3-5-14(10)29-15/h2-9H,1H3,(H,24,25)(H,26,27). The fourth-order valence-corrected chi connectivity index (χ4v) is 4.62. The smallest absolute Gasteiger partial charge is 0.339 e. The first kappa shape index (κ1) is 20.3. The highest BCUT2D eigenvalue weighted by Gasteiger charge is 2.25. The number of carbonyl (C=O) groups excluding carboxylic acids is 1. The molecule has 0 spiro atoms. The highest BCUT2D eigenvalue weighted by Crippen LogP contribution is 2.44. The van der Waals surface area contributed by atoms with E-state index in [2.05, 4.69) is 5.32 Å². The molecule has 0 atom stereocenters. The molecule has 0 saturated heterocycles. The fourth-order valence-electron chi connectivity index (χ4n) is 3.05. The number of ether oxygens (including phenoxy) is 1. The van der Waals surface area contributed by atoms with Gasteiger partial charge in [0.15, 0.2) is 11.5 Å². The Kier molecular flexibility index (Phi) is 5.42. The van der Waals surface area contributed by atoms with Gasteiger partial charge in [-0.15, -0.1) is 11.3 Å². The molecule has 2 heterocycles. The number of halogens is 2. The Labute approximate surface area is 184 Å². The van der Waals surface area contributed by atoms with E-state index in [1.165, 1.54) is 7.11 Å². The number of carboxylic acids is 1. The van der Waals surface area contributed by atoms with Gasteiger partial charge in [0.1, 0.15) is 16.1 Å². The molecule has 4 aromatic rings. The molecule has 0 aliphatic carbocycles. The number of furan rings is 1. The van der Waals surface area contributed by atoms with Crippen molar-refractivity contribution in [2.75, 3.05) is 12.4 Å². The van der Waals surface area contributed by atoms with Crippen LogP contribution in [0.4, 0.5) is 5.00 Å². The summed E-state index contributed by atoms with van der Waals surface area (Å²) in [6.07, 6.45) is 0. The highest BCUT2D eigenvalue weighted by atomic mass is 35.5. The van der Waals surface area contributed by atoms with Crippen LogP contribution in [0.3, 0.4) is 0 Å². The number of rotatable bonds is 5. The van der Waals surface area contributed by atoms with E-state index in [0.717, 1.165) is 16.7 Å². The summed E-state index contributed by atoms with van der Waals surface area (Å²) in [5, 5.41) is 15.4. The van der Waals surface area contributed by atoms with Gasteiger partial charge < -0.3 is 19.6 Å². The number of para-hydroxylation sites is 1. The van der Waals surface area contributed by atoms with Crippen LogP contribution in [0.1, 0.15) is 20.9 Å². The van der Waals surface area contributed by atoms with E-state index < -0.39 is 11.9 Å². The third-order valence-electron chi connectivity index (χ3n) is 4.42. The van der Waals surface area contributed by atoms with Gasteiger partial charge in [-0.1, -0.05) is 47.5 Å².